The lowest BCUT2D eigenvalue weighted by atomic mass is 10.3. The molecule has 0 amide bonds. The van der Waals surface area contributed by atoms with Gasteiger partial charge in [-0.2, -0.15) is 0 Å². The molecule has 0 fully saturated rings. The summed E-state index contributed by atoms with van der Waals surface area (Å²) in [5, 5.41) is 24.0. The standard InChI is InChI=1S/C20H33N5O3Si.C17H27N5O3Si.CH4.3ClH/c1-6-26-29(27-7-2,28-8-3)17-9-14-21-18-10-12-19(13-11-18)22-23-20-24(4)15-16-25(20)5;1-21-12-13-22(2)17(21)20-19-16-9-7-15(8-10-16)18-11-6-14-26(23-3,24-4)25-5;;;;/h10-13,15-16H,6-9,14,17H2,1-5H3;7-10,12-13H,6,11,14H2,1-5H3;1H4;3*1H. The number of azo groups is 2. The minimum absolute atomic E-state index is 0. The molecule has 0 radical (unpaired) electrons. The van der Waals surface area contributed by atoms with E-state index in [1.54, 1.807) is 21.3 Å². The molecule has 59 heavy (non-hydrogen) atoms. The molecule has 0 saturated heterocycles. The van der Waals surface area contributed by atoms with Crippen molar-refractivity contribution in [3.8, 4) is 0 Å². The van der Waals surface area contributed by atoms with E-state index in [2.05, 4.69) is 31.1 Å². The lowest BCUT2D eigenvalue weighted by molar-refractivity contribution is -0.657. The second-order valence-electron chi connectivity index (χ2n) is 12.5. The number of halogens is 3. The van der Waals surface area contributed by atoms with Crippen molar-refractivity contribution in [1.82, 2.24) is 9.13 Å². The van der Waals surface area contributed by atoms with Crippen molar-refractivity contribution in [3.05, 3.63) is 73.3 Å². The van der Waals surface area contributed by atoms with Gasteiger partial charge >= 0.3 is 29.5 Å². The largest absolute Gasteiger partial charge is 1.00 e. The molecular weight excluding hydrogens is 855 g/mol. The smallest absolute Gasteiger partial charge is 0.500 e. The Morgan fingerprint density at radius 1 is 0.576 bits per heavy atom. The lowest BCUT2D eigenvalue weighted by Gasteiger charge is -2.28. The highest BCUT2D eigenvalue weighted by Crippen LogP contribution is 2.22. The number of rotatable bonds is 23. The summed E-state index contributed by atoms with van der Waals surface area (Å²) in [5.74, 6) is 1.58. The molecule has 0 spiro atoms. The van der Waals surface area contributed by atoms with Gasteiger partial charge in [-0.15, -0.1) is 12.4 Å². The molecular formula is C38H67Cl3N10O6Si2. The van der Waals surface area contributed by atoms with Gasteiger partial charge < -0.3 is 62.0 Å². The van der Waals surface area contributed by atoms with Crippen molar-refractivity contribution in [1.29, 1.82) is 0 Å². The first-order valence-corrected chi connectivity index (χ1v) is 22.5. The SMILES string of the molecule is C.CCO[Si](CCCNc1ccc(N=Nc2n(C)cc[n+]2C)cc1)(OCC)OCC.CO[Si](CCCNc1ccc(N=Nc2n(C)cc[n+]2C)cc1)(OC)OC.Cl.[Cl-].[Cl-]. The van der Waals surface area contributed by atoms with Crippen LogP contribution in [0.3, 0.4) is 0 Å². The number of hydrogen-bond acceptors (Lipinski definition) is 12. The van der Waals surface area contributed by atoms with E-state index < -0.39 is 17.6 Å². The van der Waals surface area contributed by atoms with Gasteiger partial charge in [0.2, 0.25) is 0 Å². The van der Waals surface area contributed by atoms with E-state index in [0.29, 0.717) is 19.8 Å². The number of aryl methyl sites for hydroxylation is 4. The highest BCUT2D eigenvalue weighted by molar-refractivity contribution is 6.61. The minimum Gasteiger partial charge on any atom is -1.00 e. The Labute approximate surface area is 372 Å². The van der Waals surface area contributed by atoms with Crippen molar-refractivity contribution < 1.29 is 60.5 Å². The quantitative estimate of drug-likeness (QED) is 0.0499. The Morgan fingerprint density at radius 3 is 1.20 bits per heavy atom. The fourth-order valence-corrected chi connectivity index (χ4v) is 9.91. The number of benzene rings is 2. The molecule has 21 heteroatoms. The molecule has 0 aliphatic heterocycles. The van der Waals surface area contributed by atoms with E-state index in [9.17, 15) is 0 Å². The first kappa shape index (κ1) is 57.8. The van der Waals surface area contributed by atoms with Crippen molar-refractivity contribution in [2.24, 2.45) is 48.6 Å². The summed E-state index contributed by atoms with van der Waals surface area (Å²) in [4.78, 5) is 0. The van der Waals surface area contributed by atoms with Gasteiger partial charge in [0.1, 0.15) is 11.4 Å². The molecule has 2 heterocycles. The number of imidazole rings is 2. The van der Waals surface area contributed by atoms with Gasteiger partial charge in [-0.05, 0) is 82.1 Å². The third kappa shape index (κ3) is 18.9. The van der Waals surface area contributed by atoms with Gasteiger partial charge in [0.05, 0.1) is 53.0 Å². The van der Waals surface area contributed by atoms with E-state index in [0.717, 1.165) is 72.7 Å². The van der Waals surface area contributed by atoms with Crippen molar-refractivity contribution in [2.45, 2.75) is 53.1 Å². The normalized spacial score (nSPS) is 11.2. The molecule has 2 aromatic heterocycles. The molecule has 2 N–H and O–H groups in total. The number of nitrogens with zero attached hydrogens (tertiary/aromatic N) is 8. The predicted octanol–water partition coefficient (Wildman–Crippen LogP) is 2.13. The number of anilines is 2. The fourth-order valence-electron chi connectivity index (χ4n) is 5.58. The topological polar surface area (TPSA) is 146 Å². The Balaban J connectivity index is 0. The van der Waals surface area contributed by atoms with Crippen LogP contribution < -0.4 is 44.6 Å². The summed E-state index contributed by atoms with van der Waals surface area (Å²) < 4.78 is 41.6. The zero-order valence-electron chi connectivity index (χ0n) is 35.5. The van der Waals surface area contributed by atoms with Gasteiger partial charge in [0, 0.05) is 87.9 Å². The average molecular weight is 923 g/mol. The van der Waals surface area contributed by atoms with Crippen LogP contribution in [0, 0.1) is 0 Å². The first-order chi connectivity index (χ1) is 26.6. The lowest BCUT2D eigenvalue weighted by Crippen LogP contribution is -3.00. The Hall–Kier alpha value is -3.28. The molecule has 0 saturated carbocycles. The summed E-state index contributed by atoms with van der Waals surface area (Å²) in [5.41, 5.74) is 3.70. The molecule has 2 aromatic carbocycles. The first-order valence-electron chi connectivity index (χ1n) is 18.7. The van der Waals surface area contributed by atoms with E-state index in [1.165, 1.54) is 0 Å². The van der Waals surface area contributed by atoms with Crippen LogP contribution in [-0.2, 0) is 54.7 Å². The van der Waals surface area contributed by atoms with Crippen LogP contribution in [0.15, 0.2) is 93.8 Å². The highest BCUT2D eigenvalue weighted by Gasteiger charge is 2.39. The van der Waals surface area contributed by atoms with Gasteiger partial charge in [-0.3, -0.25) is 0 Å². The van der Waals surface area contributed by atoms with Crippen LogP contribution in [0.1, 0.15) is 41.0 Å². The zero-order chi connectivity index (χ0) is 40.1. The predicted molar refractivity (Wildman–Crippen MR) is 232 cm³/mol. The molecule has 16 nitrogen and oxygen atoms in total. The number of hydrogen-bond donors (Lipinski definition) is 2. The molecule has 0 aliphatic rings. The Kier molecular flexibility index (Phi) is 30.1. The summed E-state index contributed by atoms with van der Waals surface area (Å²) in [6.45, 7) is 9.40. The van der Waals surface area contributed by atoms with E-state index in [1.807, 2.05) is 141 Å². The number of nitrogens with one attached hydrogen (secondary N) is 2. The van der Waals surface area contributed by atoms with Crippen LogP contribution >= 0.6 is 12.4 Å². The summed E-state index contributed by atoms with van der Waals surface area (Å²) in [7, 11) is 7.63. The fraction of sp³-hybridized carbons (Fsp3) is 0.526. The van der Waals surface area contributed by atoms with Crippen LogP contribution in [0.5, 0.6) is 0 Å². The molecule has 0 unspecified atom stereocenters. The van der Waals surface area contributed by atoms with Crippen LogP contribution in [0.25, 0.3) is 0 Å². The summed E-state index contributed by atoms with van der Waals surface area (Å²) in [6, 6.07) is 17.4. The van der Waals surface area contributed by atoms with Crippen molar-refractivity contribution in [3.63, 3.8) is 0 Å². The second-order valence-corrected chi connectivity index (χ2v) is 18.3. The molecule has 0 aliphatic carbocycles. The Morgan fingerprint density at radius 2 is 0.915 bits per heavy atom. The molecule has 4 rings (SSSR count). The molecule has 0 atom stereocenters. The van der Waals surface area contributed by atoms with Gasteiger partial charge in [-0.25, -0.2) is 18.3 Å². The second kappa shape index (κ2) is 30.7. The maximum atomic E-state index is 5.89. The number of aromatic nitrogens is 4. The van der Waals surface area contributed by atoms with E-state index in [4.69, 9.17) is 26.6 Å². The van der Waals surface area contributed by atoms with Crippen LogP contribution in [-0.4, -0.2) is 81.0 Å². The van der Waals surface area contributed by atoms with E-state index in [-0.39, 0.29) is 44.6 Å². The monoisotopic (exact) mass is 920 g/mol. The van der Waals surface area contributed by atoms with Gasteiger partial charge in [0.15, 0.2) is 0 Å². The van der Waals surface area contributed by atoms with Crippen molar-refractivity contribution in [2.75, 3.05) is 64.9 Å². The summed E-state index contributed by atoms with van der Waals surface area (Å²) in [6.07, 6.45) is 9.58. The summed E-state index contributed by atoms with van der Waals surface area (Å²) >= 11 is 0. The maximum Gasteiger partial charge on any atom is 0.500 e. The third-order valence-electron chi connectivity index (χ3n) is 8.54. The van der Waals surface area contributed by atoms with Crippen LogP contribution in [0.4, 0.5) is 34.6 Å². The van der Waals surface area contributed by atoms with Crippen LogP contribution in [0.2, 0.25) is 12.1 Å². The molecule has 334 valence electrons. The Bertz CT molecular complexity index is 1680. The van der Waals surface area contributed by atoms with Gasteiger partial charge in [-0.1, -0.05) is 17.7 Å². The minimum atomic E-state index is -2.56. The third-order valence-corrected chi connectivity index (χ3v) is 14.5. The molecule has 4 aromatic rings. The zero-order valence-corrected chi connectivity index (χ0v) is 39.8. The maximum absolute atomic E-state index is 5.89. The molecule has 0 bridgehead atoms. The van der Waals surface area contributed by atoms with Gasteiger partial charge in [0.25, 0.3) is 0 Å². The van der Waals surface area contributed by atoms with Crippen molar-refractivity contribution >= 4 is 64.7 Å². The highest BCUT2D eigenvalue weighted by atomic mass is 35.5. The van der Waals surface area contributed by atoms with E-state index >= 15 is 0 Å². The average Bonchev–Trinajstić information content (AvgIpc) is 3.70.